The first-order valence-corrected chi connectivity index (χ1v) is 6.44. The van der Waals surface area contributed by atoms with Crippen molar-refractivity contribution in [2.24, 2.45) is 17.3 Å². The van der Waals surface area contributed by atoms with Crippen LogP contribution >= 0.6 is 0 Å². The number of piperidine rings is 1. The standard InChI is InChI=1S/C13H23N/c1-10(2)13(5-6-13)9-14-8-11-3-4-12(14)7-11/h10-12H,3-9H2,1-2H3/t11-,12?/m0/s1. The van der Waals surface area contributed by atoms with Gasteiger partial charge in [0.1, 0.15) is 0 Å². The molecule has 0 spiro atoms. The maximum Gasteiger partial charge on any atom is 0.00988 e. The van der Waals surface area contributed by atoms with Gasteiger partial charge in [-0.25, -0.2) is 0 Å². The van der Waals surface area contributed by atoms with Crippen LogP contribution in [-0.2, 0) is 0 Å². The van der Waals surface area contributed by atoms with Gasteiger partial charge in [-0.15, -0.1) is 0 Å². The van der Waals surface area contributed by atoms with E-state index in [-0.39, 0.29) is 0 Å². The van der Waals surface area contributed by atoms with Crippen molar-refractivity contribution in [1.82, 2.24) is 4.90 Å². The summed E-state index contributed by atoms with van der Waals surface area (Å²) >= 11 is 0. The van der Waals surface area contributed by atoms with Gasteiger partial charge in [0.05, 0.1) is 0 Å². The Kier molecular flexibility index (Phi) is 1.96. The number of nitrogens with zero attached hydrogens (tertiary/aromatic N) is 1. The Balaban J connectivity index is 1.63. The molecule has 1 saturated heterocycles. The van der Waals surface area contributed by atoms with Crippen LogP contribution in [0.4, 0.5) is 0 Å². The minimum absolute atomic E-state index is 0.741. The molecule has 0 radical (unpaired) electrons. The molecule has 2 aliphatic carbocycles. The fourth-order valence-corrected chi connectivity index (χ4v) is 3.70. The van der Waals surface area contributed by atoms with E-state index in [2.05, 4.69) is 18.7 Å². The fourth-order valence-electron chi connectivity index (χ4n) is 3.70. The fraction of sp³-hybridized carbons (Fsp3) is 1.00. The lowest BCUT2D eigenvalue weighted by atomic mass is 9.91. The third-order valence-corrected chi connectivity index (χ3v) is 5.16. The van der Waals surface area contributed by atoms with Crippen molar-refractivity contribution in [3.8, 4) is 0 Å². The summed E-state index contributed by atoms with van der Waals surface area (Å²) in [4.78, 5) is 2.82. The molecule has 1 unspecified atom stereocenters. The van der Waals surface area contributed by atoms with E-state index in [9.17, 15) is 0 Å². The lowest BCUT2D eigenvalue weighted by molar-refractivity contribution is 0.149. The summed E-state index contributed by atoms with van der Waals surface area (Å²) in [6.07, 6.45) is 7.54. The van der Waals surface area contributed by atoms with E-state index in [4.69, 9.17) is 0 Å². The van der Waals surface area contributed by atoms with Gasteiger partial charge in [-0.3, -0.25) is 4.90 Å². The summed E-state index contributed by atoms with van der Waals surface area (Å²) in [5.74, 6) is 1.98. The molecule has 0 N–H and O–H groups in total. The van der Waals surface area contributed by atoms with Gasteiger partial charge in [-0.1, -0.05) is 13.8 Å². The van der Waals surface area contributed by atoms with Crippen molar-refractivity contribution >= 4 is 0 Å². The lowest BCUT2D eigenvalue weighted by Crippen LogP contribution is -2.38. The molecule has 2 saturated carbocycles. The van der Waals surface area contributed by atoms with E-state index in [1.165, 1.54) is 45.2 Å². The van der Waals surface area contributed by atoms with Gasteiger partial charge in [-0.05, 0) is 49.4 Å². The molecule has 0 aromatic rings. The largest absolute Gasteiger partial charge is 0.300 e. The SMILES string of the molecule is CC(C)C1(CN2C[C@H]3CCC2C3)CC1. The van der Waals surface area contributed by atoms with Crippen LogP contribution in [0.3, 0.4) is 0 Å². The zero-order valence-electron chi connectivity index (χ0n) is 9.63. The maximum absolute atomic E-state index is 2.82. The van der Waals surface area contributed by atoms with Gasteiger partial charge in [-0.2, -0.15) is 0 Å². The molecule has 0 aromatic carbocycles. The molecule has 3 rings (SSSR count). The molecule has 3 fully saturated rings. The first-order chi connectivity index (χ1) is 6.70. The predicted molar refractivity (Wildman–Crippen MR) is 59.2 cm³/mol. The number of hydrogen-bond acceptors (Lipinski definition) is 1. The van der Waals surface area contributed by atoms with Gasteiger partial charge in [0.25, 0.3) is 0 Å². The van der Waals surface area contributed by atoms with Crippen molar-refractivity contribution in [3.05, 3.63) is 0 Å². The molecule has 1 aliphatic heterocycles. The molecule has 1 heterocycles. The first-order valence-electron chi connectivity index (χ1n) is 6.44. The van der Waals surface area contributed by atoms with E-state index in [0.717, 1.165) is 23.3 Å². The summed E-state index contributed by atoms with van der Waals surface area (Å²) in [7, 11) is 0. The summed E-state index contributed by atoms with van der Waals surface area (Å²) in [6.45, 7) is 7.69. The molecule has 0 amide bonds. The molecule has 3 aliphatic rings. The quantitative estimate of drug-likeness (QED) is 0.666. The second kappa shape index (κ2) is 2.98. The second-order valence-corrected chi connectivity index (χ2v) is 6.28. The highest BCUT2D eigenvalue weighted by Crippen LogP contribution is 2.54. The van der Waals surface area contributed by atoms with Crippen LogP contribution in [0.2, 0.25) is 0 Å². The molecule has 2 bridgehead atoms. The van der Waals surface area contributed by atoms with Crippen LogP contribution in [0, 0.1) is 17.3 Å². The summed E-state index contributed by atoms with van der Waals surface area (Å²) < 4.78 is 0. The second-order valence-electron chi connectivity index (χ2n) is 6.28. The Bertz CT molecular complexity index is 229. The van der Waals surface area contributed by atoms with Crippen LogP contribution < -0.4 is 0 Å². The van der Waals surface area contributed by atoms with E-state index >= 15 is 0 Å². The van der Waals surface area contributed by atoms with E-state index in [1.54, 1.807) is 0 Å². The van der Waals surface area contributed by atoms with Gasteiger partial charge < -0.3 is 0 Å². The molecule has 80 valence electrons. The minimum Gasteiger partial charge on any atom is -0.300 e. The number of fused-ring (bicyclic) bond motifs is 2. The Labute approximate surface area is 87.9 Å². The van der Waals surface area contributed by atoms with Crippen molar-refractivity contribution in [1.29, 1.82) is 0 Å². The Morgan fingerprint density at radius 2 is 2.07 bits per heavy atom. The molecule has 0 aromatic heterocycles. The summed E-state index contributed by atoms with van der Waals surface area (Å²) in [5.41, 5.74) is 0.741. The zero-order chi connectivity index (χ0) is 9.76. The van der Waals surface area contributed by atoms with E-state index < -0.39 is 0 Å². The summed E-state index contributed by atoms with van der Waals surface area (Å²) in [6, 6.07) is 0.983. The molecule has 1 nitrogen and oxygen atoms in total. The Hall–Kier alpha value is -0.0400. The average Bonchev–Trinajstić information content (AvgIpc) is 2.66. The van der Waals surface area contributed by atoms with Crippen molar-refractivity contribution in [2.45, 2.75) is 52.0 Å². The molecule has 1 heteroatoms. The minimum atomic E-state index is 0.741. The van der Waals surface area contributed by atoms with Gasteiger partial charge >= 0.3 is 0 Å². The Morgan fingerprint density at radius 1 is 1.29 bits per heavy atom. The molecule has 14 heavy (non-hydrogen) atoms. The van der Waals surface area contributed by atoms with Crippen LogP contribution in [0.25, 0.3) is 0 Å². The van der Waals surface area contributed by atoms with E-state index in [0.29, 0.717) is 0 Å². The molecule has 2 atom stereocenters. The average molecular weight is 193 g/mol. The third-order valence-electron chi connectivity index (χ3n) is 5.16. The van der Waals surface area contributed by atoms with Crippen LogP contribution in [0.5, 0.6) is 0 Å². The molecular weight excluding hydrogens is 170 g/mol. The number of rotatable bonds is 3. The monoisotopic (exact) mass is 193 g/mol. The Morgan fingerprint density at radius 3 is 2.50 bits per heavy atom. The van der Waals surface area contributed by atoms with Crippen LogP contribution in [-0.4, -0.2) is 24.0 Å². The highest BCUT2D eigenvalue weighted by molar-refractivity contribution is 5.02. The zero-order valence-corrected chi connectivity index (χ0v) is 9.63. The highest BCUT2D eigenvalue weighted by atomic mass is 15.2. The third kappa shape index (κ3) is 1.32. The van der Waals surface area contributed by atoms with Crippen molar-refractivity contribution < 1.29 is 0 Å². The summed E-state index contributed by atoms with van der Waals surface area (Å²) in [5, 5.41) is 0. The first kappa shape index (κ1) is 9.21. The van der Waals surface area contributed by atoms with Crippen LogP contribution in [0.15, 0.2) is 0 Å². The van der Waals surface area contributed by atoms with Gasteiger partial charge in [0, 0.05) is 19.1 Å². The highest BCUT2D eigenvalue weighted by Gasteiger charge is 2.49. The normalized spacial score (nSPS) is 39.6. The predicted octanol–water partition coefficient (Wildman–Crippen LogP) is 2.91. The van der Waals surface area contributed by atoms with Crippen molar-refractivity contribution in [3.63, 3.8) is 0 Å². The van der Waals surface area contributed by atoms with Crippen molar-refractivity contribution in [2.75, 3.05) is 13.1 Å². The van der Waals surface area contributed by atoms with Gasteiger partial charge in [0.2, 0.25) is 0 Å². The number of hydrogen-bond donors (Lipinski definition) is 0. The van der Waals surface area contributed by atoms with Crippen LogP contribution in [0.1, 0.15) is 46.0 Å². The lowest BCUT2D eigenvalue weighted by Gasteiger charge is -2.32. The van der Waals surface area contributed by atoms with E-state index in [1.807, 2.05) is 0 Å². The smallest absolute Gasteiger partial charge is 0.00988 e. The maximum atomic E-state index is 2.82. The topological polar surface area (TPSA) is 3.24 Å². The molecular formula is C13H23N. The number of likely N-dealkylation sites (tertiary alicyclic amines) is 1. The van der Waals surface area contributed by atoms with Gasteiger partial charge in [0.15, 0.2) is 0 Å².